The van der Waals surface area contributed by atoms with E-state index in [2.05, 4.69) is 0 Å². The van der Waals surface area contributed by atoms with Gasteiger partial charge in [-0.15, -0.1) is 0 Å². The van der Waals surface area contributed by atoms with E-state index in [0.717, 1.165) is 11.1 Å². The summed E-state index contributed by atoms with van der Waals surface area (Å²) in [5.41, 5.74) is 4.46. The molecule has 0 spiro atoms. The zero-order valence-corrected chi connectivity index (χ0v) is 15.7. The van der Waals surface area contributed by atoms with Gasteiger partial charge in [-0.05, 0) is 35.4 Å². The maximum absolute atomic E-state index is 10.4. The number of rotatable bonds is 9. The van der Waals surface area contributed by atoms with Gasteiger partial charge in [0, 0.05) is 50.7 Å². The Bertz CT molecular complexity index is 624. The summed E-state index contributed by atoms with van der Waals surface area (Å²) in [6, 6.07) is 7.49. The van der Waals surface area contributed by atoms with E-state index in [1.807, 2.05) is 24.3 Å². The molecule has 6 nitrogen and oxygen atoms in total. The number of methoxy groups -OCH3 is 4. The standard InChI is InChI=1S/C20H26O6/c1-23-9-15-5-13(6-16(10-24-2)19(15)21)14-7-17(11-25-3)20(22)18(8-14)12-26-4/h5-8,21-22H,9-12H2,1-4H3. The first kappa shape index (κ1) is 20.2. The number of ether oxygens (including phenoxy) is 4. The van der Waals surface area contributed by atoms with E-state index in [1.54, 1.807) is 28.4 Å². The summed E-state index contributed by atoms with van der Waals surface area (Å²) >= 11 is 0. The molecule has 0 atom stereocenters. The summed E-state index contributed by atoms with van der Waals surface area (Å²) in [6.07, 6.45) is 0. The molecule has 2 N–H and O–H groups in total. The van der Waals surface area contributed by atoms with Crippen molar-refractivity contribution >= 4 is 0 Å². The minimum absolute atomic E-state index is 0.172. The topological polar surface area (TPSA) is 77.4 Å². The van der Waals surface area contributed by atoms with E-state index in [0.29, 0.717) is 22.3 Å². The predicted octanol–water partition coefficient (Wildman–Crippen LogP) is 3.35. The molecule has 2 aromatic carbocycles. The Kier molecular flexibility index (Phi) is 7.41. The van der Waals surface area contributed by atoms with Gasteiger partial charge in [-0.2, -0.15) is 0 Å². The molecule has 0 fully saturated rings. The third kappa shape index (κ3) is 4.53. The molecule has 2 aromatic rings. The number of hydrogen-bond acceptors (Lipinski definition) is 6. The molecule has 6 heteroatoms. The molecule has 0 aromatic heterocycles. The fourth-order valence-corrected chi connectivity index (χ4v) is 2.92. The number of aromatic hydroxyl groups is 2. The Balaban J connectivity index is 2.61. The first-order chi connectivity index (χ1) is 12.5. The van der Waals surface area contributed by atoms with Crippen molar-refractivity contribution in [3.63, 3.8) is 0 Å². The van der Waals surface area contributed by atoms with E-state index in [-0.39, 0.29) is 37.9 Å². The van der Waals surface area contributed by atoms with Crippen LogP contribution in [0.5, 0.6) is 11.5 Å². The minimum atomic E-state index is 0.172. The molecule has 0 saturated carbocycles. The monoisotopic (exact) mass is 362 g/mol. The smallest absolute Gasteiger partial charge is 0.126 e. The quantitative estimate of drug-likeness (QED) is 0.712. The molecule has 2 rings (SSSR count). The first-order valence-corrected chi connectivity index (χ1v) is 8.21. The van der Waals surface area contributed by atoms with Crippen LogP contribution in [0.15, 0.2) is 24.3 Å². The minimum Gasteiger partial charge on any atom is -0.507 e. The van der Waals surface area contributed by atoms with Crippen LogP contribution in [0.2, 0.25) is 0 Å². The summed E-state index contributed by atoms with van der Waals surface area (Å²) in [5.74, 6) is 0.343. The van der Waals surface area contributed by atoms with Gasteiger partial charge < -0.3 is 29.2 Å². The Labute approximate surface area is 153 Å². The van der Waals surface area contributed by atoms with Crippen LogP contribution < -0.4 is 0 Å². The Morgan fingerprint density at radius 3 is 0.962 bits per heavy atom. The normalized spacial score (nSPS) is 11.1. The largest absolute Gasteiger partial charge is 0.507 e. The maximum atomic E-state index is 10.4. The number of phenols is 2. The lowest BCUT2D eigenvalue weighted by atomic mass is 9.95. The highest BCUT2D eigenvalue weighted by Gasteiger charge is 2.15. The molecular formula is C20H26O6. The average molecular weight is 362 g/mol. The Morgan fingerprint density at radius 1 is 0.538 bits per heavy atom. The SMILES string of the molecule is COCc1cc(-c2cc(COC)c(O)c(COC)c2)cc(COC)c1O. The molecule has 0 amide bonds. The maximum Gasteiger partial charge on any atom is 0.126 e. The van der Waals surface area contributed by atoms with Gasteiger partial charge in [-0.1, -0.05) is 0 Å². The van der Waals surface area contributed by atoms with Crippen LogP contribution in [0.3, 0.4) is 0 Å². The van der Waals surface area contributed by atoms with E-state index >= 15 is 0 Å². The van der Waals surface area contributed by atoms with Crippen molar-refractivity contribution in [3.8, 4) is 22.6 Å². The zero-order chi connectivity index (χ0) is 19.1. The fraction of sp³-hybridized carbons (Fsp3) is 0.400. The second-order valence-corrected chi connectivity index (χ2v) is 6.02. The molecule has 0 aliphatic rings. The molecule has 26 heavy (non-hydrogen) atoms. The molecule has 0 bridgehead atoms. The van der Waals surface area contributed by atoms with E-state index in [9.17, 15) is 10.2 Å². The highest BCUT2D eigenvalue weighted by atomic mass is 16.5. The second kappa shape index (κ2) is 9.54. The van der Waals surface area contributed by atoms with Gasteiger partial charge in [0.25, 0.3) is 0 Å². The lowest BCUT2D eigenvalue weighted by Gasteiger charge is -2.16. The summed E-state index contributed by atoms with van der Waals surface area (Å²) in [6.45, 7) is 1.13. The third-order valence-electron chi connectivity index (χ3n) is 4.07. The van der Waals surface area contributed by atoms with Crippen LogP contribution in [0.4, 0.5) is 0 Å². The van der Waals surface area contributed by atoms with Crippen molar-refractivity contribution in [2.24, 2.45) is 0 Å². The van der Waals surface area contributed by atoms with Gasteiger partial charge in [-0.3, -0.25) is 0 Å². The van der Waals surface area contributed by atoms with Crippen molar-refractivity contribution in [2.45, 2.75) is 26.4 Å². The summed E-state index contributed by atoms with van der Waals surface area (Å²) in [7, 11) is 6.32. The molecule has 0 heterocycles. The molecule has 142 valence electrons. The van der Waals surface area contributed by atoms with Gasteiger partial charge in [0.1, 0.15) is 11.5 Å². The number of phenolic OH excluding ortho intramolecular Hbond substituents is 2. The molecule has 0 saturated heterocycles. The summed E-state index contributed by atoms with van der Waals surface area (Å²) in [5, 5.41) is 20.8. The van der Waals surface area contributed by atoms with Crippen LogP contribution in [-0.2, 0) is 45.4 Å². The zero-order valence-electron chi connectivity index (χ0n) is 15.7. The van der Waals surface area contributed by atoms with Gasteiger partial charge in [0.2, 0.25) is 0 Å². The van der Waals surface area contributed by atoms with Crippen molar-refractivity contribution in [2.75, 3.05) is 28.4 Å². The number of hydrogen-bond donors (Lipinski definition) is 2. The van der Waals surface area contributed by atoms with Crippen molar-refractivity contribution in [1.29, 1.82) is 0 Å². The molecular weight excluding hydrogens is 336 g/mol. The van der Waals surface area contributed by atoms with Gasteiger partial charge in [0.15, 0.2) is 0 Å². The third-order valence-corrected chi connectivity index (χ3v) is 4.07. The molecule has 0 aliphatic heterocycles. The van der Waals surface area contributed by atoms with Crippen LogP contribution >= 0.6 is 0 Å². The van der Waals surface area contributed by atoms with E-state index in [4.69, 9.17) is 18.9 Å². The second-order valence-electron chi connectivity index (χ2n) is 6.02. The summed E-state index contributed by atoms with van der Waals surface area (Å²) < 4.78 is 20.8. The summed E-state index contributed by atoms with van der Waals surface area (Å²) in [4.78, 5) is 0. The highest BCUT2D eigenvalue weighted by molar-refractivity contribution is 5.70. The van der Waals surface area contributed by atoms with E-state index < -0.39 is 0 Å². The lowest BCUT2D eigenvalue weighted by molar-refractivity contribution is 0.174. The lowest BCUT2D eigenvalue weighted by Crippen LogP contribution is -1.99. The fourth-order valence-electron chi connectivity index (χ4n) is 2.92. The average Bonchev–Trinajstić information content (AvgIpc) is 2.62. The van der Waals surface area contributed by atoms with Crippen LogP contribution in [0.25, 0.3) is 11.1 Å². The van der Waals surface area contributed by atoms with Gasteiger partial charge in [0.05, 0.1) is 26.4 Å². The van der Waals surface area contributed by atoms with Crippen LogP contribution in [0, 0.1) is 0 Å². The van der Waals surface area contributed by atoms with Gasteiger partial charge in [-0.25, -0.2) is 0 Å². The van der Waals surface area contributed by atoms with Gasteiger partial charge >= 0.3 is 0 Å². The molecule has 0 aliphatic carbocycles. The first-order valence-electron chi connectivity index (χ1n) is 8.21. The van der Waals surface area contributed by atoms with Crippen LogP contribution in [-0.4, -0.2) is 38.7 Å². The van der Waals surface area contributed by atoms with Crippen molar-refractivity contribution < 1.29 is 29.2 Å². The highest BCUT2D eigenvalue weighted by Crippen LogP contribution is 2.35. The molecule has 0 radical (unpaired) electrons. The molecule has 0 unspecified atom stereocenters. The van der Waals surface area contributed by atoms with Crippen molar-refractivity contribution in [1.82, 2.24) is 0 Å². The Morgan fingerprint density at radius 2 is 0.769 bits per heavy atom. The number of benzene rings is 2. The van der Waals surface area contributed by atoms with Crippen molar-refractivity contribution in [3.05, 3.63) is 46.5 Å². The van der Waals surface area contributed by atoms with Crippen LogP contribution in [0.1, 0.15) is 22.3 Å². The van der Waals surface area contributed by atoms with E-state index in [1.165, 1.54) is 0 Å². The Hall–Kier alpha value is -2.12. The predicted molar refractivity (Wildman–Crippen MR) is 98.1 cm³/mol.